The van der Waals surface area contributed by atoms with Gasteiger partial charge >= 0.3 is 0 Å². The zero-order valence-corrected chi connectivity index (χ0v) is 10.7. The van der Waals surface area contributed by atoms with Crippen LogP contribution < -0.4 is 5.73 Å². The molecule has 90 valence electrons. The third kappa shape index (κ3) is 2.74. The minimum absolute atomic E-state index is 0.331. The standard InChI is InChI=1S/C10H11Cl2N5/c1-17-9(15-5-16-17)3-8(13)10-7(12)2-6(11)4-14-10/h2,4-5,8H,3,13H2,1H3. The molecule has 17 heavy (non-hydrogen) atoms. The number of halogens is 2. The molecule has 2 N–H and O–H groups in total. The predicted molar refractivity (Wildman–Crippen MR) is 65.9 cm³/mol. The van der Waals surface area contributed by atoms with E-state index >= 15 is 0 Å². The number of aromatic nitrogens is 4. The second-order valence-corrected chi connectivity index (χ2v) is 4.47. The van der Waals surface area contributed by atoms with E-state index in [1.165, 1.54) is 12.5 Å². The summed E-state index contributed by atoms with van der Waals surface area (Å²) in [6, 6.07) is 1.30. The number of nitrogens with zero attached hydrogens (tertiary/aromatic N) is 4. The van der Waals surface area contributed by atoms with Crippen molar-refractivity contribution >= 4 is 23.2 Å². The lowest BCUT2D eigenvalue weighted by Crippen LogP contribution is -2.17. The van der Waals surface area contributed by atoms with Crippen LogP contribution in [0, 0.1) is 0 Å². The number of rotatable bonds is 3. The molecular formula is C10H11Cl2N5. The van der Waals surface area contributed by atoms with Crippen molar-refractivity contribution in [3.05, 3.63) is 40.2 Å². The molecule has 5 nitrogen and oxygen atoms in total. The van der Waals surface area contributed by atoms with Crippen LogP contribution in [-0.4, -0.2) is 19.7 Å². The topological polar surface area (TPSA) is 69.6 Å². The predicted octanol–water partition coefficient (Wildman–Crippen LogP) is 1.76. The molecule has 2 heterocycles. The molecule has 2 aromatic heterocycles. The lowest BCUT2D eigenvalue weighted by atomic mass is 10.1. The summed E-state index contributed by atoms with van der Waals surface area (Å²) in [4.78, 5) is 8.25. The van der Waals surface area contributed by atoms with E-state index in [2.05, 4.69) is 15.1 Å². The number of hydrogen-bond donors (Lipinski definition) is 1. The quantitative estimate of drug-likeness (QED) is 0.924. The summed E-state index contributed by atoms with van der Waals surface area (Å²) in [5, 5.41) is 4.93. The van der Waals surface area contributed by atoms with E-state index in [-0.39, 0.29) is 6.04 Å². The normalized spacial score (nSPS) is 12.7. The van der Waals surface area contributed by atoms with E-state index in [1.807, 2.05) is 7.05 Å². The van der Waals surface area contributed by atoms with E-state index in [9.17, 15) is 0 Å². The van der Waals surface area contributed by atoms with Gasteiger partial charge in [0.2, 0.25) is 0 Å². The average molecular weight is 272 g/mol. The zero-order valence-electron chi connectivity index (χ0n) is 9.14. The van der Waals surface area contributed by atoms with Crippen LogP contribution >= 0.6 is 23.2 Å². The van der Waals surface area contributed by atoms with Crippen LogP contribution in [-0.2, 0) is 13.5 Å². The minimum atomic E-state index is -0.331. The molecule has 0 radical (unpaired) electrons. The van der Waals surface area contributed by atoms with Crippen LogP contribution in [0.25, 0.3) is 0 Å². The van der Waals surface area contributed by atoms with Crippen LogP contribution in [0.5, 0.6) is 0 Å². The summed E-state index contributed by atoms with van der Waals surface area (Å²) in [5.41, 5.74) is 6.65. The van der Waals surface area contributed by atoms with E-state index in [0.717, 1.165) is 5.82 Å². The molecule has 0 aliphatic rings. The second kappa shape index (κ2) is 5.00. The van der Waals surface area contributed by atoms with Gasteiger partial charge in [-0.05, 0) is 6.07 Å². The maximum atomic E-state index is 6.03. The highest BCUT2D eigenvalue weighted by Crippen LogP contribution is 2.24. The molecule has 0 aliphatic carbocycles. The molecule has 2 rings (SSSR count). The van der Waals surface area contributed by atoms with Crippen LogP contribution in [0.2, 0.25) is 10.0 Å². The largest absolute Gasteiger partial charge is 0.322 e. The van der Waals surface area contributed by atoms with E-state index in [0.29, 0.717) is 22.2 Å². The summed E-state index contributed by atoms with van der Waals surface area (Å²) in [7, 11) is 1.81. The highest BCUT2D eigenvalue weighted by molar-refractivity contribution is 6.34. The molecule has 1 unspecified atom stereocenters. The maximum Gasteiger partial charge on any atom is 0.138 e. The molecule has 0 spiro atoms. The van der Waals surface area contributed by atoms with E-state index < -0.39 is 0 Å². The van der Waals surface area contributed by atoms with E-state index in [1.54, 1.807) is 10.7 Å². The SMILES string of the molecule is Cn1ncnc1CC(N)c1ncc(Cl)cc1Cl. The lowest BCUT2D eigenvalue weighted by Gasteiger charge is -2.12. The maximum absolute atomic E-state index is 6.03. The smallest absolute Gasteiger partial charge is 0.138 e. The number of pyridine rings is 1. The van der Waals surface area contributed by atoms with Crippen LogP contribution in [0.3, 0.4) is 0 Å². The number of nitrogens with two attached hydrogens (primary N) is 1. The average Bonchev–Trinajstić information content (AvgIpc) is 2.64. The first kappa shape index (κ1) is 12.3. The van der Waals surface area contributed by atoms with Gasteiger partial charge in [-0.1, -0.05) is 23.2 Å². The van der Waals surface area contributed by atoms with Crippen molar-refractivity contribution in [3.8, 4) is 0 Å². The fourth-order valence-electron chi connectivity index (χ4n) is 1.50. The first-order valence-corrected chi connectivity index (χ1v) is 5.73. The van der Waals surface area contributed by atoms with Crippen molar-refractivity contribution < 1.29 is 0 Å². The second-order valence-electron chi connectivity index (χ2n) is 3.63. The van der Waals surface area contributed by atoms with Crippen molar-refractivity contribution in [3.63, 3.8) is 0 Å². The van der Waals surface area contributed by atoms with Crippen LogP contribution in [0.15, 0.2) is 18.6 Å². The van der Waals surface area contributed by atoms with E-state index in [4.69, 9.17) is 28.9 Å². The Kier molecular flexibility index (Phi) is 3.61. The molecule has 7 heteroatoms. The zero-order chi connectivity index (χ0) is 12.4. The Bertz CT molecular complexity index is 525. The van der Waals surface area contributed by atoms with Crippen molar-refractivity contribution in [2.24, 2.45) is 12.8 Å². The Morgan fingerprint density at radius 2 is 2.18 bits per heavy atom. The Morgan fingerprint density at radius 1 is 1.41 bits per heavy atom. The van der Waals surface area contributed by atoms with Crippen molar-refractivity contribution in [2.45, 2.75) is 12.5 Å². The summed E-state index contributed by atoms with van der Waals surface area (Å²) < 4.78 is 1.67. The monoisotopic (exact) mass is 271 g/mol. The minimum Gasteiger partial charge on any atom is -0.322 e. The third-order valence-corrected chi connectivity index (χ3v) is 2.90. The van der Waals surface area contributed by atoms with Crippen molar-refractivity contribution in [1.29, 1.82) is 0 Å². The number of aryl methyl sites for hydroxylation is 1. The van der Waals surface area contributed by atoms with Crippen LogP contribution in [0.1, 0.15) is 17.6 Å². The highest BCUT2D eigenvalue weighted by Gasteiger charge is 2.15. The molecule has 2 aromatic rings. The molecule has 0 aliphatic heterocycles. The van der Waals surface area contributed by atoms with Gasteiger partial charge in [0.25, 0.3) is 0 Å². The van der Waals surface area contributed by atoms with Gasteiger partial charge < -0.3 is 5.73 Å². The Morgan fingerprint density at radius 3 is 2.76 bits per heavy atom. The van der Waals surface area contributed by atoms with Gasteiger partial charge in [0.15, 0.2) is 0 Å². The van der Waals surface area contributed by atoms with Gasteiger partial charge in [-0.15, -0.1) is 0 Å². The third-order valence-electron chi connectivity index (χ3n) is 2.40. The molecule has 1 atom stereocenters. The first-order chi connectivity index (χ1) is 8.08. The molecular weight excluding hydrogens is 261 g/mol. The van der Waals surface area contributed by atoms with Gasteiger partial charge in [0.05, 0.1) is 21.8 Å². The van der Waals surface area contributed by atoms with Gasteiger partial charge in [0, 0.05) is 19.7 Å². The van der Waals surface area contributed by atoms with Gasteiger partial charge in [-0.3, -0.25) is 9.67 Å². The van der Waals surface area contributed by atoms with Crippen molar-refractivity contribution in [2.75, 3.05) is 0 Å². The molecule has 0 bridgehead atoms. The fourth-order valence-corrected chi connectivity index (χ4v) is 2.02. The molecule has 0 fully saturated rings. The Labute approximate surface area is 109 Å². The number of hydrogen-bond acceptors (Lipinski definition) is 4. The molecule has 0 amide bonds. The van der Waals surface area contributed by atoms with Crippen molar-refractivity contribution in [1.82, 2.24) is 19.7 Å². The summed E-state index contributed by atoms with van der Waals surface area (Å²) >= 11 is 11.8. The molecule has 0 saturated carbocycles. The van der Waals surface area contributed by atoms with Gasteiger partial charge in [-0.2, -0.15) is 5.10 Å². The lowest BCUT2D eigenvalue weighted by molar-refractivity contribution is 0.619. The Hall–Kier alpha value is -1.17. The molecule has 0 aromatic carbocycles. The van der Waals surface area contributed by atoms with Gasteiger partial charge in [0.1, 0.15) is 12.2 Å². The highest BCUT2D eigenvalue weighted by atomic mass is 35.5. The Balaban J connectivity index is 2.20. The fraction of sp³-hybridized carbons (Fsp3) is 0.300. The van der Waals surface area contributed by atoms with Crippen LogP contribution in [0.4, 0.5) is 0 Å². The van der Waals surface area contributed by atoms with Gasteiger partial charge in [-0.25, -0.2) is 4.98 Å². The summed E-state index contributed by atoms with van der Waals surface area (Å²) in [5.74, 6) is 0.783. The molecule has 0 saturated heterocycles. The summed E-state index contributed by atoms with van der Waals surface area (Å²) in [6.07, 6.45) is 3.53. The summed E-state index contributed by atoms with van der Waals surface area (Å²) in [6.45, 7) is 0. The first-order valence-electron chi connectivity index (χ1n) is 4.97.